The molecule has 0 unspecified atom stereocenters. The first-order valence-corrected chi connectivity index (χ1v) is 7.08. The predicted octanol–water partition coefficient (Wildman–Crippen LogP) is 1.55. The van der Waals surface area contributed by atoms with Crippen molar-refractivity contribution < 1.29 is 19.7 Å². The molecule has 2 aliphatic carbocycles. The highest BCUT2D eigenvalue weighted by molar-refractivity contribution is 5.91. The molecule has 0 aromatic carbocycles. The molecule has 0 saturated heterocycles. The maximum absolute atomic E-state index is 11.7. The van der Waals surface area contributed by atoms with Gasteiger partial charge in [-0.05, 0) is 57.4 Å². The highest BCUT2D eigenvalue weighted by Gasteiger charge is 2.55. The van der Waals surface area contributed by atoms with Gasteiger partial charge in [-0.2, -0.15) is 0 Å². The molecule has 1 heterocycles. The van der Waals surface area contributed by atoms with E-state index in [1.165, 1.54) is 0 Å². The minimum absolute atomic E-state index is 0.00644. The standard InChI is InChI=1S/C15H22O4/c1-8-9-6-11-10(4-5-14(11,2)17)15(3,18)7-12(9)19-13(8)16/h10-12,17-18H,4-7H2,1-3H3/t10-,11-,12-,14-,15-/m0/s1. The SMILES string of the molecule is CC1=C2C[C@H]3[C@H](CC[C@]3(C)O)[C@@](C)(O)C[C@@H]2OC1=O. The van der Waals surface area contributed by atoms with E-state index in [2.05, 4.69) is 0 Å². The first-order chi connectivity index (χ1) is 8.72. The van der Waals surface area contributed by atoms with E-state index in [1.807, 2.05) is 13.8 Å². The first kappa shape index (κ1) is 13.1. The Kier molecular flexibility index (Phi) is 2.64. The van der Waals surface area contributed by atoms with Crippen molar-refractivity contribution in [2.75, 3.05) is 0 Å². The van der Waals surface area contributed by atoms with Gasteiger partial charge in [-0.3, -0.25) is 0 Å². The average Bonchev–Trinajstić information content (AvgIpc) is 2.66. The van der Waals surface area contributed by atoms with Crippen LogP contribution < -0.4 is 0 Å². The van der Waals surface area contributed by atoms with Gasteiger partial charge in [0.15, 0.2) is 0 Å². The number of carbonyl (C=O) groups is 1. The number of aliphatic hydroxyl groups is 2. The molecule has 3 rings (SSSR count). The molecule has 3 aliphatic rings. The van der Waals surface area contributed by atoms with Crippen LogP contribution >= 0.6 is 0 Å². The number of hydrogen-bond acceptors (Lipinski definition) is 4. The third kappa shape index (κ3) is 1.84. The molecule has 2 saturated carbocycles. The highest BCUT2D eigenvalue weighted by Crippen LogP contribution is 2.53. The van der Waals surface area contributed by atoms with Gasteiger partial charge in [-0.15, -0.1) is 0 Å². The van der Waals surface area contributed by atoms with Gasteiger partial charge in [0, 0.05) is 12.0 Å². The molecular formula is C15H22O4. The van der Waals surface area contributed by atoms with Gasteiger partial charge >= 0.3 is 5.97 Å². The van der Waals surface area contributed by atoms with E-state index in [0.717, 1.165) is 12.0 Å². The molecule has 0 amide bonds. The lowest BCUT2D eigenvalue weighted by molar-refractivity contribution is -0.142. The van der Waals surface area contributed by atoms with Gasteiger partial charge in [0.25, 0.3) is 0 Å². The smallest absolute Gasteiger partial charge is 0.334 e. The summed E-state index contributed by atoms with van der Waals surface area (Å²) in [7, 11) is 0. The van der Waals surface area contributed by atoms with Crippen molar-refractivity contribution in [1.29, 1.82) is 0 Å². The molecule has 2 fully saturated rings. The first-order valence-electron chi connectivity index (χ1n) is 7.08. The fraction of sp³-hybridized carbons (Fsp3) is 0.800. The summed E-state index contributed by atoms with van der Waals surface area (Å²) in [5.74, 6) is -0.189. The van der Waals surface area contributed by atoms with Crippen LogP contribution in [0.4, 0.5) is 0 Å². The number of fused-ring (bicyclic) bond motifs is 2. The van der Waals surface area contributed by atoms with E-state index in [9.17, 15) is 15.0 Å². The summed E-state index contributed by atoms with van der Waals surface area (Å²) in [6.45, 7) is 5.45. The van der Waals surface area contributed by atoms with E-state index >= 15 is 0 Å². The molecule has 0 aromatic heterocycles. The quantitative estimate of drug-likeness (QED) is 0.653. The maximum atomic E-state index is 11.7. The van der Waals surface area contributed by atoms with E-state index in [4.69, 9.17) is 4.74 Å². The van der Waals surface area contributed by atoms with Crippen LogP contribution in [0.25, 0.3) is 0 Å². The zero-order valence-electron chi connectivity index (χ0n) is 11.8. The predicted molar refractivity (Wildman–Crippen MR) is 69.3 cm³/mol. The number of rotatable bonds is 0. The van der Waals surface area contributed by atoms with Gasteiger partial charge in [0.2, 0.25) is 0 Å². The molecule has 0 radical (unpaired) electrons. The molecule has 0 aromatic rings. The van der Waals surface area contributed by atoms with E-state index in [-0.39, 0.29) is 23.9 Å². The molecule has 19 heavy (non-hydrogen) atoms. The van der Waals surface area contributed by atoms with Crippen LogP contribution in [0.1, 0.15) is 46.5 Å². The Balaban J connectivity index is 2.04. The summed E-state index contributed by atoms with van der Waals surface area (Å²) in [5.41, 5.74) is 0.00869. The highest BCUT2D eigenvalue weighted by atomic mass is 16.5. The summed E-state index contributed by atoms with van der Waals surface area (Å²) in [4.78, 5) is 11.7. The van der Waals surface area contributed by atoms with Gasteiger partial charge < -0.3 is 14.9 Å². The van der Waals surface area contributed by atoms with Crippen molar-refractivity contribution in [2.24, 2.45) is 11.8 Å². The second-order valence-corrected chi connectivity index (χ2v) is 6.92. The zero-order chi connectivity index (χ0) is 14.0. The molecule has 2 N–H and O–H groups in total. The Morgan fingerprint density at radius 3 is 2.58 bits per heavy atom. The van der Waals surface area contributed by atoms with Crippen LogP contribution in [0.3, 0.4) is 0 Å². The summed E-state index contributed by atoms with van der Waals surface area (Å²) >= 11 is 0. The normalized spacial score (nSPS) is 49.7. The minimum Gasteiger partial charge on any atom is -0.454 e. The second kappa shape index (κ2) is 3.83. The van der Waals surface area contributed by atoms with Crippen molar-refractivity contribution in [3.8, 4) is 0 Å². The Labute approximate surface area is 113 Å². The lowest BCUT2D eigenvalue weighted by atomic mass is 9.76. The van der Waals surface area contributed by atoms with Crippen molar-refractivity contribution in [2.45, 2.75) is 63.8 Å². The third-order valence-electron chi connectivity index (χ3n) is 5.51. The fourth-order valence-electron chi connectivity index (χ4n) is 4.25. The number of carbonyl (C=O) groups excluding carboxylic acids is 1. The van der Waals surface area contributed by atoms with Crippen LogP contribution in [0, 0.1) is 11.8 Å². The molecule has 0 bridgehead atoms. The minimum atomic E-state index is -0.886. The van der Waals surface area contributed by atoms with Gasteiger partial charge in [-0.25, -0.2) is 4.79 Å². The summed E-state index contributed by atoms with van der Waals surface area (Å²) in [6.07, 6.45) is 2.35. The van der Waals surface area contributed by atoms with Gasteiger partial charge in [-0.1, -0.05) is 0 Å². The fourth-order valence-corrected chi connectivity index (χ4v) is 4.25. The van der Waals surface area contributed by atoms with E-state index < -0.39 is 11.2 Å². The topological polar surface area (TPSA) is 66.8 Å². The summed E-state index contributed by atoms with van der Waals surface area (Å²) in [6, 6.07) is 0. The summed E-state index contributed by atoms with van der Waals surface area (Å²) in [5, 5.41) is 21.3. The molecule has 4 nitrogen and oxygen atoms in total. The average molecular weight is 266 g/mol. The number of ether oxygens (including phenoxy) is 1. The Hall–Kier alpha value is -0.870. The van der Waals surface area contributed by atoms with Crippen LogP contribution in [-0.4, -0.2) is 33.5 Å². The second-order valence-electron chi connectivity index (χ2n) is 6.92. The molecule has 1 aliphatic heterocycles. The monoisotopic (exact) mass is 266 g/mol. The Bertz CT molecular complexity index is 461. The Morgan fingerprint density at radius 1 is 1.21 bits per heavy atom. The lowest BCUT2D eigenvalue weighted by Gasteiger charge is -2.35. The van der Waals surface area contributed by atoms with Crippen LogP contribution in [-0.2, 0) is 9.53 Å². The van der Waals surface area contributed by atoms with E-state index in [0.29, 0.717) is 24.8 Å². The molecule has 4 heteroatoms. The van der Waals surface area contributed by atoms with Crippen LogP contribution in [0.5, 0.6) is 0 Å². The molecule has 106 valence electrons. The van der Waals surface area contributed by atoms with Gasteiger partial charge in [0.1, 0.15) is 6.10 Å². The van der Waals surface area contributed by atoms with Crippen LogP contribution in [0.2, 0.25) is 0 Å². The van der Waals surface area contributed by atoms with E-state index in [1.54, 1.807) is 6.92 Å². The third-order valence-corrected chi connectivity index (χ3v) is 5.51. The maximum Gasteiger partial charge on any atom is 0.334 e. The summed E-state index contributed by atoms with van der Waals surface area (Å²) < 4.78 is 5.37. The molecular weight excluding hydrogens is 244 g/mol. The lowest BCUT2D eigenvalue weighted by Crippen LogP contribution is -2.41. The van der Waals surface area contributed by atoms with Gasteiger partial charge in [0.05, 0.1) is 11.2 Å². The number of hydrogen-bond donors (Lipinski definition) is 2. The van der Waals surface area contributed by atoms with Crippen LogP contribution in [0.15, 0.2) is 11.1 Å². The van der Waals surface area contributed by atoms with Crippen molar-refractivity contribution >= 4 is 5.97 Å². The Morgan fingerprint density at radius 2 is 1.89 bits per heavy atom. The van der Waals surface area contributed by atoms with Crippen molar-refractivity contribution in [3.63, 3.8) is 0 Å². The number of esters is 1. The molecule has 5 atom stereocenters. The van der Waals surface area contributed by atoms with Crippen molar-refractivity contribution in [3.05, 3.63) is 11.1 Å². The largest absolute Gasteiger partial charge is 0.454 e. The zero-order valence-corrected chi connectivity index (χ0v) is 11.8. The molecule has 0 spiro atoms. The van der Waals surface area contributed by atoms with Crippen molar-refractivity contribution in [1.82, 2.24) is 0 Å².